The zero-order chi connectivity index (χ0) is 22.9. The molecule has 0 aliphatic carbocycles. The lowest BCUT2D eigenvalue weighted by Gasteiger charge is -2.19. The first-order valence-corrected chi connectivity index (χ1v) is 10.5. The van der Waals surface area contributed by atoms with Gasteiger partial charge < -0.3 is 20.7 Å². The van der Waals surface area contributed by atoms with E-state index in [-0.39, 0.29) is 24.9 Å². The molecule has 2 rings (SSSR count). The fourth-order valence-corrected chi connectivity index (χ4v) is 2.89. The Morgan fingerprint density at radius 3 is 2.48 bits per heavy atom. The molecular weight excluding hydrogens is 462 g/mol. The number of amides is 3. The summed E-state index contributed by atoms with van der Waals surface area (Å²) in [6.45, 7) is 5.21. The normalized spacial score (nSPS) is 11.1. The van der Waals surface area contributed by atoms with Crippen molar-refractivity contribution in [3.8, 4) is 0 Å². The number of hydrogen-bond acceptors (Lipinski definition) is 4. The summed E-state index contributed by atoms with van der Waals surface area (Å²) in [6.07, 6.45) is 2.50. The molecule has 0 fully saturated rings. The average Bonchev–Trinajstić information content (AvgIpc) is 2.69. The molecule has 3 amide bonds. The van der Waals surface area contributed by atoms with Crippen molar-refractivity contribution in [3.63, 3.8) is 0 Å². The van der Waals surface area contributed by atoms with E-state index in [0.717, 1.165) is 15.6 Å². The summed E-state index contributed by atoms with van der Waals surface area (Å²) in [6, 6.07) is 14.8. The lowest BCUT2D eigenvalue weighted by atomic mass is 10.1. The highest BCUT2D eigenvalue weighted by molar-refractivity contribution is 9.10. The molecule has 2 aromatic rings. The second kappa shape index (κ2) is 11.3. The highest BCUT2D eigenvalue weighted by Gasteiger charge is 2.16. The number of nitrogens with one attached hydrogen (secondary N) is 3. The molecule has 0 spiro atoms. The molecule has 0 bridgehead atoms. The van der Waals surface area contributed by atoms with Crippen LogP contribution in [-0.2, 0) is 20.9 Å². The smallest absolute Gasteiger partial charge is 0.408 e. The summed E-state index contributed by atoms with van der Waals surface area (Å²) >= 11 is 3.39. The maximum atomic E-state index is 12.3. The van der Waals surface area contributed by atoms with Crippen LogP contribution in [0.3, 0.4) is 0 Å². The molecule has 0 aliphatic rings. The SMILES string of the molecule is CC(C)(C)OC(=O)NCC(=O)NCc1ccccc1NC(=O)/C=C/c1cccc(Br)c1. The topological polar surface area (TPSA) is 96.5 Å². The highest BCUT2D eigenvalue weighted by Crippen LogP contribution is 2.16. The van der Waals surface area contributed by atoms with Gasteiger partial charge in [-0.25, -0.2) is 4.79 Å². The Balaban J connectivity index is 1.88. The quantitative estimate of drug-likeness (QED) is 0.508. The maximum absolute atomic E-state index is 12.3. The Morgan fingerprint density at radius 1 is 1.03 bits per heavy atom. The lowest BCUT2D eigenvalue weighted by Crippen LogP contribution is -2.39. The van der Waals surface area contributed by atoms with Gasteiger partial charge in [-0.1, -0.05) is 46.3 Å². The predicted octanol–water partition coefficient (Wildman–Crippen LogP) is 4.24. The summed E-state index contributed by atoms with van der Waals surface area (Å²) in [5, 5.41) is 7.93. The van der Waals surface area contributed by atoms with E-state index in [4.69, 9.17) is 4.74 Å². The van der Waals surface area contributed by atoms with Crippen LogP contribution in [0.1, 0.15) is 31.9 Å². The van der Waals surface area contributed by atoms with Gasteiger partial charge in [-0.15, -0.1) is 0 Å². The summed E-state index contributed by atoms with van der Waals surface area (Å²) in [5.74, 6) is -0.660. The van der Waals surface area contributed by atoms with Crippen LogP contribution in [-0.4, -0.2) is 30.1 Å². The predicted molar refractivity (Wildman–Crippen MR) is 124 cm³/mol. The number of halogens is 1. The van der Waals surface area contributed by atoms with Crippen molar-refractivity contribution in [1.82, 2.24) is 10.6 Å². The van der Waals surface area contributed by atoms with Gasteiger partial charge in [-0.05, 0) is 56.2 Å². The van der Waals surface area contributed by atoms with E-state index in [1.54, 1.807) is 45.0 Å². The fraction of sp³-hybridized carbons (Fsp3) is 0.261. The minimum Gasteiger partial charge on any atom is -0.444 e. The van der Waals surface area contributed by atoms with Gasteiger partial charge in [0.2, 0.25) is 11.8 Å². The first-order chi connectivity index (χ1) is 14.6. The van der Waals surface area contributed by atoms with E-state index in [2.05, 4.69) is 31.9 Å². The van der Waals surface area contributed by atoms with Gasteiger partial charge in [-0.3, -0.25) is 9.59 Å². The van der Waals surface area contributed by atoms with Crippen LogP contribution in [0, 0.1) is 0 Å². The summed E-state index contributed by atoms with van der Waals surface area (Å²) in [4.78, 5) is 35.9. The van der Waals surface area contributed by atoms with E-state index >= 15 is 0 Å². The van der Waals surface area contributed by atoms with Crippen molar-refractivity contribution in [2.24, 2.45) is 0 Å². The molecular formula is C23H26BrN3O4. The second-order valence-electron chi connectivity index (χ2n) is 7.67. The molecule has 0 aliphatic heterocycles. The van der Waals surface area contributed by atoms with Crippen molar-refractivity contribution in [2.75, 3.05) is 11.9 Å². The van der Waals surface area contributed by atoms with Gasteiger partial charge in [0.05, 0.1) is 0 Å². The third-order valence-electron chi connectivity index (χ3n) is 3.82. The molecule has 0 atom stereocenters. The zero-order valence-corrected chi connectivity index (χ0v) is 19.3. The number of para-hydroxylation sites is 1. The van der Waals surface area contributed by atoms with Crippen LogP contribution in [0.2, 0.25) is 0 Å². The Morgan fingerprint density at radius 2 is 1.77 bits per heavy atom. The number of rotatable bonds is 7. The summed E-state index contributed by atoms with van der Waals surface area (Å²) in [5.41, 5.74) is 1.58. The third kappa shape index (κ3) is 9.48. The second-order valence-corrected chi connectivity index (χ2v) is 8.58. The van der Waals surface area contributed by atoms with Crippen LogP contribution < -0.4 is 16.0 Å². The van der Waals surface area contributed by atoms with Gasteiger partial charge in [0.1, 0.15) is 12.1 Å². The van der Waals surface area contributed by atoms with Crippen molar-refractivity contribution in [3.05, 3.63) is 70.2 Å². The van der Waals surface area contributed by atoms with E-state index in [0.29, 0.717) is 5.69 Å². The first kappa shape index (κ1) is 24.1. The molecule has 8 heteroatoms. The van der Waals surface area contributed by atoms with Gasteiger partial charge in [-0.2, -0.15) is 0 Å². The molecule has 0 unspecified atom stereocenters. The van der Waals surface area contributed by atoms with E-state index in [1.807, 2.05) is 30.3 Å². The molecule has 0 radical (unpaired) electrons. The number of alkyl carbamates (subject to hydrolysis) is 1. The molecule has 3 N–H and O–H groups in total. The monoisotopic (exact) mass is 487 g/mol. The Bertz CT molecular complexity index is 967. The molecule has 2 aromatic carbocycles. The zero-order valence-electron chi connectivity index (χ0n) is 17.7. The van der Waals surface area contributed by atoms with Crippen LogP contribution in [0.4, 0.5) is 10.5 Å². The van der Waals surface area contributed by atoms with Crippen LogP contribution in [0.5, 0.6) is 0 Å². The van der Waals surface area contributed by atoms with Crippen molar-refractivity contribution in [2.45, 2.75) is 32.9 Å². The van der Waals surface area contributed by atoms with Gasteiger partial charge in [0.25, 0.3) is 0 Å². The fourth-order valence-electron chi connectivity index (χ4n) is 2.48. The molecule has 0 aromatic heterocycles. The number of benzene rings is 2. The van der Waals surface area contributed by atoms with Crippen molar-refractivity contribution < 1.29 is 19.1 Å². The lowest BCUT2D eigenvalue weighted by molar-refractivity contribution is -0.120. The standard InChI is InChI=1S/C23H26BrN3O4/c1-23(2,3)31-22(30)26-15-21(29)25-14-17-8-4-5-10-19(17)27-20(28)12-11-16-7-6-9-18(24)13-16/h4-13H,14-15H2,1-3H3,(H,25,29)(H,26,30)(H,27,28)/b12-11+. The minimum atomic E-state index is -0.660. The number of ether oxygens (including phenoxy) is 1. The van der Waals surface area contributed by atoms with Crippen LogP contribution in [0.25, 0.3) is 6.08 Å². The van der Waals surface area contributed by atoms with Crippen LogP contribution in [0.15, 0.2) is 59.1 Å². The highest BCUT2D eigenvalue weighted by atomic mass is 79.9. The maximum Gasteiger partial charge on any atom is 0.408 e. The van der Waals surface area contributed by atoms with E-state index < -0.39 is 11.7 Å². The van der Waals surface area contributed by atoms with Gasteiger partial charge >= 0.3 is 6.09 Å². The Labute approximate surface area is 190 Å². The van der Waals surface area contributed by atoms with E-state index in [1.165, 1.54) is 6.08 Å². The Hall–Kier alpha value is -3.13. The average molecular weight is 488 g/mol. The molecule has 0 saturated heterocycles. The van der Waals surface area contributed by atoms with Crippen molar-refractivity contribution in [1.29, 1.82) is 0 Å². The number of carbonyl (C=O) groups excluding carboxylic acids is 3. The van der Waals surface area contributed by atoms with Gasteiger partial charge in [0.15, 0.2) is 0 Å². The number of anilines is 1. The minimum absolute atomic E-state index is 0.195. The summed E-state index contributed by atoms with van der Waals surface area (Å²) in [7, 11) is 0. The number of hydrogen-bond donors (Lipinski definition) is 3. The van der Waals surface area contributed by atoms with Gasteiger partial charge in [0, 0.05) is 22.8 Å². The van der Waals surface area contributed by atoms with Crippen molar-refractivity contribution >= 4 is 45.6 Å². The molecule has 0 heterocycles. The third-order valence-corrected chi connectivity index (χ3v) is 4.31. The number of carbonyl (C=O) groups is 3. The molecule has 164 valence electrons. The van der Waals surface area contributed by atoms with E-state index in [9.17, 15) is 14.4 Å². The van der Waals surface area contributed by atoms with Crippen LogP contribution >= 0.6 is 15.9 Å². The largest absolute Gasteiger partial charge is 0.444 e. The first-order valence-electron chi connectivity index (χ1n) is 9.68. The summed E-state index contributed by atoms with van der Waals surface area (Å²) < 4.78 is 6.02. The molecule has 31 heavy (non-hydrogen) atoms. The Kier molecular flexibility index (Phi) is 8.81. The molecule has 7 nitrogen and oxygen atoms in total. The molecule has 0 saturated carbocycles.